The molecule has 0 unspecified atom stereocenters. The van der Waals surface area contributed by atoms with E-state index >= 15 is 0 Å². The number of rotatable bonds is 8. The molecule has 0 saturated heterocycles. The molecule has 4 heteroatoms. The van der Waals surface area contributed by atoms with Crippen LogP contribution in [-0.4, -0.2) is 31.4 Å². The highest BCUT2D eigenvalue weighted by molar-refractivity contribution is 5.78. The van der Waals surface area contributed by atoms with Crippen LogP contribution >= 0.6 is 0 Å². The second-order valence-electron chi connectivity index (χ2n) is 4.84. The van der Waals surface area contributed by atoms with Gasteiger partial charge in [-0.2, -0.15) is 0 Å². The summed E-state index contributed by atoms with van der Waals surface area (Å²) >= 11 is 0. The minimum atomic E-state index is 0.0954. The number of hydrogen-bond donors (Lipinski definition) is 1. The minimum Gasteiger partial charge on any atom is -0.383 e. The Kier molecular flexibility index (Phi) is 5.77. The summed E-state index contributed by atoms with van der Waals surface area (Å²) in [5.74, 6) is 0. The predicted octanol–water partition coefficient (Wildman–Crippen LogP) is 2.02. The van der Waals surface area contributed by atoms with Crippen LogP contribution in [0.1, 0.15) is 12.8 Å². The third-order valence-corrected chi connectivity index (χ3v) is 3.37. The average molecular weight is 274 g/mol. The number of aromatic nitrogens is 1. The number of benzene rings is 1. The highest BCUT2D eigenvalue weighted by atomic mass is 16.5. The second kappa shape index (κ2) is 7.82. The van der Waals surface area contributed by atoms with Crippen molar-refractivity contribution >= 4 is 10.9 Å². The van der Waals surface area contributed by atoms with Crippen molar-refractivity contribution in [1.29, 1.82) is 0 Å². The first-order chi connectivity index (χ1) is 9.83. The number of fused-ring (bicyclic) bond motifs is 1. The van der Waals surface area contributed by atoms with Gasteiger partial charge in [0.1, 0.15) is 0 Å². The van der Waals surface area contributed by atoms with Crippen molar-refractivity contribution in [2.45, 2.75) is 19.4 Å². The number of para-hydroxylation sites is 1. The van der Waals surface area contributed by atoms with E-state index in [9.17, 15) is 4.79 Å². The van der Waals surface area contributed by atoms with E-state index in [0.29, 0.717) is 0 Å². The Labute approximate surface area is 119 Å². The molecule has 0 radical (unpaired) electrons. The van der Waals surface area contributed by atoms with E-state index in [1.54, 1.807) is 13.2 Å². The average Bonchev–Trinajstić information content (AvgIpc) is 2.49. The lowest BCUT2D eigenvalue weighted by molar-refractivity contribution is 0.199. The van der Waals surface area contributed by atoms with Gasteiger partial charge in [-0.1, -0.05) is 12.1 Å². The number of nitrogens with one attached hydrogen (secondary N) is 1. The molecule has 20 heavy (non-hydrogen) atoms. The standard InChI is InChI=1S/C16H22N2O2/c1-20-13-10-17-9-4-5-11-18-12-8-16(19)14-6-2-3-7-15(14)18/h2-3,6-8,12,17H,4-5,9-11,13H2,1H3. The van der Waals surface area contributed by atoms with Gasteiger partial charge in [-0.05, 0) is 31.5 Å². The van der Waals surface area contributed by atoms with Gasteiger partial charge in [-0.25, -0.2) is 0 Å². The van der Waals surface area contributed by atoms with Crippen LogP contribution in [0.15, 0.2) is 41.3 Å². The normalized spacial score (nSPS) is 11.1. The van der Waals surface area contributed by atoms with E-state index in [-0.39, 0.29) is 5.43 Å². The molecule has 0 aliphatic heterocycles. The summed E-state index contributed by atoms with van der Waals surface area (Å²) in [5, 5.41) is 4.13. The number of hydrogen-bond acceptors (Lipinski definition) is 3. The highest BCUT2D eigenvalue weighted by Gasteiger charge is 2.01. The summed E-state index contributed by atoms with van der Waals surface area (Å²) < 4.78 is 7.14. The van der Waals surface area contributed by atoms with Gasteiger partial charge >= 0.3 is 0 Å². The topological polar surface area (TPSA) is 43.3 Å². The molecule has 0 spiro atoms. The summed E-state index contributed by atoms with van der Waals surface area (Å²) in [6.07, 6.45) is 4.10. The van der Waals surface area contributed by atoms with Crippen LogP contribution in [0.5, 0.6) is 0 Å². The van der Waals surface area contributed by atoms with Gasteiger partial charge in [-0.15, -0.1) is 0 Å². The number of ether oxygens (including phenoxy) is 1. The van der Waals surface area contributed by atoms with Crippen molar-refractivity contribution < 1.29 is 4.74 Å². The van der Waals surface area contributed by atoms with E-state index < -0.39 is 0 Å². The fourth-order valence-corrected chi connectivity index (χ4v) is 2.29. The molecule has 0 amide bonds. The zero-order chi connectivity index (χ0) is 14.2. The van der Waals surface area contributed by atoms with Crippen molar-refractivity contribution in [1.82, 2.24) is 9.88 Å². The van der Waals surface area contributed by atoms with Crippen LogP contribution < -0.4 is 10.7 Å². The lowest BCUT2D eigenvalue weighted by Crippen LogP contribution is -2.20. The van der Waals surface area contributed by atoms with Crippen LogP contribution in [0, 0.1) is 0 Å². The Morgan fingerprint density at radius 2 is 2.00 bits per heavy atom. The molecular weight excluding hydrogens is 252 g/mol. The van der Waals surface area contributed by atoms with Crippen molar-refractivity contribution in [3.8, 4) is 0 Å². The monoisotopic (exact) mass is 274 g/mol. The van der Waals surface area contributed by atoms with E-state index in [1.165, 1.54) is 0 Å². The molecule has 1 heterocycles. The molecule has 1 aromatic heterocycles. The molecular formula is C16H22N2O2. The highest BCUT2D eigenvalue weighted by Crippen LogP contribution is 2.10. The maximum absolute atomic E-state index is 11.8. The van der Waals surface area contributed by atoms with Gasteiger partial charge in [0, 0.05) is 37.8 Å². The maximum Gasteiger partial charge on any atom is 0.189 e. The zero-order valence-electron chi connectivity index (χ0n) is 12.0. The molecule has 1 N–H and O–H groups in total. The molecule has 0 atom stereocenters. The summed E-state index contributed by atoms with van der Waals surface area (Å²) in [4.78, 5) is 11.8. The van der Waals surface area contributed by atoms with Gasteiger partial charge in [0.15, 0.2) is 5.43 Å². The predicted molar refractivity (Wildman–Crippen MR) is 82.2 cm³/mol. The number of methoxy groups -OCH3 is 1. The molecule has 0 aliphatic rings. The van der Waals surface area contributed by atoms with E-state index in [4.69, 9.17) is 4.74 Å². The molecule has 0 fully saturated rings. The lowest BCUT2D eigenvalue weighted by atomic mass is 10.2. The number of unbranched alkanes of at least 4 members (excludes halogenated alkanes) is 1. The SMILES string of the molecule is COCCNCCCCn1ccc(=O)c2ccccc21. The van der Waals surface area contributed by atoms with Crippen molar-refractivity contribution in [3.63, 3.8) is 0 Å². The van der Waals surface area contributed by atoms with Crippen LogP contribution in [-0.2, 0) is 11.3 Å². The molecule has 2 aromatic rings. The Bertz CT molecular complexity index is 592. The van der Waals surface area contributed by atoms with Crippen LogP contribution in [0.4, 0.5) is 0 Å². The van der Waals surface area contributed by atoms with Gasteiger partial charge < -0.3 is 14.6 Å². The summed E-state index contributed by atoms with van der Waals surface area (Å²) in [6.45, 7) is 3.59. The van der Waals surface area contributed by atoms with Gasteiger partial charge in [0.05, 0.1) is 12.1 Å². The number of aryl methyl sites for hydroxylation is 1. The first-order valence-corrected chi connectivity index (χ1v) is 7.11. The molecule has 0 saturated carbocycles. The number of nitrogens with zero attached hydrogens (tertiary/aromatic N) is 1. The molecule has 2 rings (SSSR count). The molecule has 4 nitrogen and oxygen atoms in total. The van der Waals surface area contributed by atoms with E-state index in [1.807, 2.05) is 30.5 Å². The van der Waals surface area contributed by atoms with Crippen LogP contribution in [0.25, 0.3) is 10.9 Å². The van der Waals surface area contributed by atoms with Crippen LogP contribution in [0.3, 0.4) is 0 Å². The van der Waals surface area contributed by atoms with Gasteiger partial charge in [-0.3, -0.25) is 4.79 Å². The van der Waals surface area contributed by atoms with E-state index in [2.05, 4.69) is 9.88 Å². The smallest absolute Gasteiger partial charge is 0.189 e. The minimum absolute atomic E-state index is 0.0954. The quantitative estimate of drug-likeness (QED) is 0.749. The zero-order valence-corrected chi connectivity index (χ0v) is 12.0. The third kappa shape index (κ3) is 3.92. The lowest BCUT2D eigenvalue weighted by Gasteiger charge is -2.10. The van der Waals surface area contributed by atoms with Crippen LogP contribution in [0.2, 0.25) is 0 Å². The van der Waals surface area contributed by atoms with Crippen molar-refractivity contribution in [3.05, 3.63) is 46.8 Å². The Hall–Kier alpha value is -1.65. The first kappa shape index (κ1) is 14.8. The summed E-state index contributed by atoms with van der Waals surface area (Å²) in [7, 11) is 1.71. The Balaban J connectivity index is 1.88. The van der Waals surface area contributed by atoms with Crippen molar-refractivity contribution in [2.75, 3.05) is 26.8 Å². The molecule has 1 aromatic carbocycles. The van der Waals surface area contributed by atoms with Gasteiger partial charge in [0.25, 0.3) is 0 Å². The fraction of sp³-hybridized carbons (Fsp3) is 0.438. The number of pyridine rings is 1. The Morgan fingerprint density at radius 3 is 2.85 bits per heavy atom. The summed E-state index contributed by atoms with van der Waals surface area (Å²) in [5.41, 5.74) is 1.12. The Morgan fingerprint density at radius 1 is 1.15 bits per heavy atom. The molecule has 0 aliphatic carbocycles. The van der Waals surface area contributed by atoms with Gasteiger partial charge in [0.2, 0.25) is 0 Å². The molecule has 108 valence electrons. The second-order valence-corrected chi connectivity index (χ2v) is 4.84. The van der Waals surface area contributed by atoms with Crippen molar-refractivity contribution in [2.24, 2.45) is 0 Å². The maximum atomic E-state index is 11.8. The molecule has 0 bridgehead atoms. The first-order valence-electron chi connectivity index (χ1n) is 7.11. The largest absolute Gasteiger partial charge is 0.383 e. The summed E-state index contributed by atoms with van der Waals surface area (Å²) in [6, 6.07) is 9.44. The fourth-order valence-electron chi connectivity index (χ4n) is 2.29. The van der Waals surface area contributed by atoms with E-state index in [0.717, 1.165) is 50.0 Å². The third-order valence-electron chi connectivity index (χ3n) is 3.37.